The number of nitrogens with zero attached hydrogens (tertiary/aromatic N) is 1. The van der Waals surface area contributed by atoms with Crippen LogP contribution in [0.3, 0.4) is 0 Å². The van der Waals surface area contributed by atoms with Gasteiger partial charge >= 0.3 is 0 Å². The number of thiol groups is 1. The van der Waals surface area contributed by atoms with Gasteiger partial charge in [-0.25, -0.2) is 4.98 Å². The first-order valence-electron chi connectivity index (χ1n) is 6.56. The minimum Gasteiger partial charge on any atom is -0.486 e. The van der Waals surface area contributed by atoms with Gasteiger partial charge in [0.2, 0.25) is 0 Å². The van der Waals surface area contributed by atoms with Crippen LogP contribution in [-0.2, 0) is 30.1 Å². The summed E-state index contributed by atoms with van der Waals surface area (Å²) in [6.45, 7) is 3.14. The van der Waals surface area contributed by atoms with Crippen LogP contribution < -0.4 is 4.74 Å². The van der Waals surface area contributed by atoms with Gasteiger partial charge in [-0.2, -0.15) is 12.6 Å². The first-order valence-corrected chi connectivity index (χ1v) is 8.01. The summed E-state index contributed by atoms with van der Waals surface area (Å²) in [5, 5.41) is 0.965. The Morgan fingerprint density at radius 3 is 2.75 bits per heavy atom. The number of hydrogen-bond acceptors (Lipinski definition) is 5. The van der Waals surface area contributed by atoms with Crippen molar-refractivity contribution in [2.75, 3.05) is 7.11 Å². The SMILES string of the molecule is CCc1ccccc1OCc1nc(COC)c(CS)s1. The molecule has 0 unspecified atom stereocenters. The molecule has 2 aromatic rings. The van der Waals surface area contributed by atoms with E-state index in [1.54, 1.807) is 18.4 Å². The molecule has 0 radical (unpaired) electrons. The maximum atomic E-state index is 5.89. The predicted molar refractivity (Wildman–Crippen MR) is 85.7 cm³/mol. The third kappa shape index (κ3) is 3.75. The third-order valence-electron chi connectivity index (χ3n) is 2.95. The lowest BCUT2D eigenvalue weighted by Crippen LogP contribution is -1.98. The molecule has 0 aliphatic carbocycles. The first-order chi connectivity index (χ1) is 9.78. The molecule has 0 aliphatic heterocycles. The lowest BCUT2D eigenvalue weighted by Gasteiger charge is -2.08. The fourth-order valence-electron chi connectivity index (χ4n) is 1.95. The average Bonchev–Trinajstić information content (AvgIpc) is 2.88. The molecule has 1 heterocycles. The van der Waals surface area contributed by atoms with Gasteiger partial charge in [-0.1, -0.05) is 25.1 Å². The minimum atomic E-state index is 0.492. The highest BCUT2D eigenvalue weighted by atomic mass is 32.1. The summed E-state index contributed by atoms with van der Waals surface area (Å²) in [6.07, 6.45) is 0.963. The largest absolute Gasteiger partial charge is 0.486 e. The van der Waals surface area contributed by atoms with Crippen LogP contribution in [0.1, 0.15) is 28.1 Å². The Morgan fingerprint density at radius 2 is 2.05 bits per heavy atom. The summed E-state index contributed by atoms with van der Waals surface area (Å²) in [5.41, 5.74) is 2.19. The van der Waals surface area contributed by atoms with Crippen molar-refractivity contribution in [3.8, 4) is 5.75 Å². The van der Waals surface area contributed by atoms with Crippen LogP contribution in [-0.4, -0.2) is 12.1 Å². The highest BCUT2D eigenvalue weighted by Gasteiger charge is 2.11. The van der Waals surface area contributed by atoms with E-state index in [1.807, 2.05) is 18.2 Å². The van der Waals surface area contributed by atoms with E-state index in [2.05, 4.69) is 30.6 Å². The zero-order valence-electron chi connectivity index (χ0n) is 11.8. The van der Waals surface area contributed by atoms with Gasteiger partial charge in [0.05, 0.1) is 12.3 Å². The van der Waals surface area contributed by atoms with Crippen LogP contribution in [0.2, 0.25) is 0 Å². The Labute approximate surface area is 129 Å². The van der Waals surface area contributed by atoms with Gasteiger partial charge in [0.15, 0.2) is 0 Å². The zero-order chi connectivity index (χ0) is 14.4. The number of thiazole rings is 1. The number of para-hydroxylation sites is 1. The molecule has 0 saturated carbocycles. The molecule has 20 heavy (non-hydrogen) atoms. The minimum absolute atomic E-state index is 0.492. The average molecular weight is 309 g/mol. The smallest absolute Gasteiger partial charge is 0.140 e. The van der Waals surface area contributed by atoms with Crippen molar-refractivity contribution < 1.29 is 9.47 Å². The summed E-state index contributed by atoms with van der Waals surface area (Å²) in [6, 6.07) is 8.12. The van der Waals surface area contributed by atoms with Crippen molar-refractivity contribution in [2.45, 2.75) is 32.3 Å². The Kier molecular flexibility index (Phi) is 5.88. The molecule has 0 fully saturated rings. The monoisotopic (exact) mass is 309 g/mol. The number of ether oxygens (including phenoxy) is 2. The number of aryl methyl sites for hydroxylation is 1. The predicted octanol–water partition coefficient (Wildman–Crippen LogP) is 3.86. The molecular formula is C15H19NO2S2. The maximum Gasteiger partial charge on any atom is 0.140 e. The van der Waals surface area contributed by atoms with E-state index in [4.69, 9.17) is 9.47 Å². The molecule has 0 bridgehead atoms. The number of methoxy groups -OCH3 is 1. The molecule has 0 saturated heterocycles. The van der Waals surface area contributed by atoms with Crippen LogP contribution in [0.25, 0.3) is 0 Å². The van der Waals surface area contributed by atoms with Crippen molar-refractivity contribution in [1.29, 1.82) is 0 Å². The van der Waals surface area contributed by atoms with E-state index in [-0.39, 0.29) is 0 Å². The number of aromatic nitrogens is 1. The molecule has 2 rings (SSSR count). The summed E-state index contributed by atoms with van der Waals surface area (Å²) in [5.74, 6) is 1.62. The van der Waals surface area contributed by atoms with Gasteiger partial charge in [0, 0.05) is 17.7 Å². The quantitative estimate of drug-likeness (QED) is 0.788. The summed E-state index contributed by atoms with van der Waals surface area (Å²) >= 11 is 5.97. The van der Waals surface area contributed by atoms with E-state index in [0.717, 1.165) is 27.7 Å². The fraction of sp³-hybridized carbons (Fsp3) is 0.400. The number of benzene rings is 1. The van der Waals surface area contributed by atoms with Gasteiger partial charge in [-0.05, 0) is 18.1 Å². The molecule has 108 valence electrons. The Balaban J connectivity index is 2.07. The van der Waals surface area contributed by atoms with Crippen molar-refractivity contribution in [3.63, 3.8) is 0 Å². The molecule has 0 N–H and O–H groups in total. The molecule has 0 atom stereocenters. The van der Waals surface area contributed by atoms with Crippen LogP contribution in [0, 0.1) is 0 Å². The third-order valence-corrected chi connectivity index (χ3v) is 4.55. The zero-order valence-corrected chi connectivity index (χ0v) is 13.5. The van der Waals surface area contributed by atoms with Gasteiger partial charge in [0.1, 0.15) is 17.4 Å². The molecule has 1 aromatic carbocycles. The number of rotatable bonds is 7. The van der Waals surface area contributed by atoms with Crippen molar-refractivity contribution in [2.24, 2.45) is 0 Å². The highest BCUT2D eigenvalue weighted by Crippen LogP contribution is 2.24. The molecule has 5 heteroatoms. The molecule has 3 nitrogen and oxygen atoms in total. The van der Waals surface area contributed by atoms with Crippen LogP contribution >= 0.6 is 24.0 Å². The van der Waals surface area contributed by atoms with E-state index >= 15 is 0 Å². The first kappa shape index (κ1) is 15.4. The lowest BCUT2D eigenvalue weighted by atomic mass is 10.1. The molecule has 0 spiro atoms. The number of hydrogen-bond donors (Lipinski definition) is 1. The summed E-state index contributed by atoms with van der Waals surface area (Å²) in [4.78, 5) is 5.71. The van der Waals surface area contributed by atoms with E-state index < -0.39 is 0 Å². The van der Waals surface area contributed by atoms with E-state index in [1.165, 1.54) is 5.56 Å². The maximum absolute atomic E-state index is 5.89. The summed E-state index contributed by atoms with van der Waals surface area (Å²) in [7, 11) is 1.68. The van der Waals surface area contributed by atoms with Crippen LogP contribution in [0.5, 0.6) is 5.75 Å². The second-order valence-electron chi connectivity index (χ2n) is 4.32. The summed E-state index contributed by atoms with van der Waals surface area (Å²) < 4.78 is 11.0. The molecule has 1 aromatic heterocycles. The van der Waals surface area contributed by atoms with Gasteiger partial charge in [0.25, 0.3) is 0 Å². The second kappa shape index (κ2) is 7.67. The van der Waals surface area contributed by atoms with Crippen molar-refractivity contribution in [3.05, 3.63) is 45.4 Å². The molecule has 0 aliphatic rings. The van der Waals surface area contributed by atoms with Crippen LogP contribution in [0.4, 0.5) is 0 Å². The fourth-order valence-corrected chi connectivity index (χ4v) is 3.17. The van der Waals surface area contributed by atoms with Crippen molar-refractivity contribution in [1.82, 2.24) is 4.98 Å². The van der Waals surface area contributed by atoms with E-state index in [0.29, 0.717) is 19.0 Å². The highest BCUT2D eigenvalue weighted by molar-refractivity contribution is 7.79. The Hall–Kier alpha value is -1.04. The van der Waals surface area contributed by atoms with Crippen LogP contribution in [0.15, 0.2) is 24.3 Å². The second-order valence-corrected chi connectivity index (χ2v) is 5.80. The topological polar surface area (TPSA) is 31.4 Å². The van der Waals surface area contributed by atoms with Gasteiger partial charge in [-0.3, -0.25) is 0 Å². The Morgan fingerprint density at radius 1 is 1.25 bits per heavy atom. The Bertz CT molecular complexity index is 555. The van der Waals surface area contributed by atoms with Gasteiger partial charge in [-0.15, -0.1) is 11.3 Å². The normalized spacial score (nSPS) is 10.8. The van der Waals surface area contributed by atoms with Crippen molar-refractivity contribution >= 4 is 24.0 Å². The molecule has 0 amide bonds. The standard InChI is InChI=1S/C15H19NO2S2/c1-3-11-6-4-5-7-13(11)18-9-15-16-12(8-17-2)14(10-19)20-15/h4-7,19H,3,8-10H2,1-2H3. The van der Waals surface area contributed by atoms with Gasteiger partial charge < -0.3 is 9.47 Å². The molecular weight excluding hydrogens is 290 g/mol. The van der Waals surface area contributed by atoms with E-state index in [9.17, 15) is 0 Å². The lowest BCUT2D eigenvalue weighted by molar-refractivity contribution is 0.181.